The van der Waals surface area contributed by atoms with E-state index in [4.69, 9.17) is 4.74 Å². The first-order valence-electron chi connectivity index (χ1n) is 14.3. The van der Waals surface area contributed by atoms with E-state index in [0.717, 1.165) is 37.8 Å². The number of alkyl halides is 3. The third kappa shape index (κ3) is 7.73. The van der Waals surface area contributed by atoms with Gasteiger partial charge in [-0.15, -0.1) is 0 Å². The molecule has 1 aromatic carbocycles. The zero-order chi connectivity index (χ0) is 30.4. The number of urea groups is 1. The summed E-state index contributed by atoms with van der Waals surface area (Å²) in [7, 11) is 1.71. The van der Waals surface area contributed by atoms with E-state index >= 15 is 0 Å². The minimum absolute atomic E-state index is 0.0906. The lowest BCUT2D eigenvalue weighted by Gasteiger charge is -2.38. The van der Waals surface area contributed by atoms with Crippen LogP contribution in [-0.4, -0.2) is 76.8 Å². The fourth-order valence-electron chi connectivity index (χ4n) is 5.16. The molecule has 0 unspecified atom stereocenters. The summed E-state index contributed by atoms with van der Waals surface area (Å²) in [5.74, 6) is 5.18. The number of halogens is 3. The predicted octanol–water partition coefficient (Wildman–Crippen LogP) is 4.69. The van der Waals surface area contributed by atoms with Gasteiger partial charge in [0.2, 0.25) is 5.88 Å². The second-order valence-corrected chi connectivity index (χ2v) is 11.2. The average molecular weight is 587 g/mol. The molecule has 1 aliphatic carbocycles. The summed E-state index contributed by atoms with van der Waals surface area (Å²) in [6, 6.07) is 5.51. The lowest BCUT2D eigenvalue weighted by molar-refractivity contribution is -0.137. The van der Waals surface area contributed by atoms with Crippen molar-refractivity contribution in [1.82, 2.24) is 20.1 Å². The van der Waals surface area contributed by atoms with E-state index in [2.05, 4.69) is 22.1 Å². The Morgan fingerprint density at radius 1 is 1.19 bits per heavy atom. The largest absolute Gasteiger partial charge is 0.472 e. The molecule has 8 nitrogen and oxygen atoms in total. The number of aromatic nitrogens is 1. The van der Waals surface area contributed by atoms with Crippen LogP contribution in [0.25, 0.3) is 0 Å². The molecule has 3 atom stereocenters. The average Bonchev–Trinajstić information content (AvgIpc) is 2.97. The molecule has 1 aliphatic heterocycles. The van der Waals surface area contributed by atoms with Crippen LogP contribution >= 0.6 is 0 Å². The summed E-state index contributed by atoms with van der Waals surface area (Å²) >= 11 is 0. The molecular weight excluding hydrogens is 549 g/mol. The maximum absolute atomic E-state index is 13.6. The third-order valence-corrected chi connectivity index (χ3v) is 7.82. The van der Waals surface area contributed by atoms with Gasteiger partial charge in [-0.1, -0.05) is 38.0 Å². The molecular formula is C31H37F3N4O4. The Balaban J connectivity index is 1.57. The van der Waals surface area contributed by atoms with E-state index in [0.29, 0.717) is 11.1 Å². The Kier molecular flexibility index (Phi) is 9.99. The molecule has 0 spiro atoms. The zero-order valence-corrected chi connectivity index (χ0v) is 24.1. The molecule has 42 heavy (non-hydrogen) atoms. The zero-order valence-electron chi connectivity index (χ0n) is 24.1. The topological polar surface area (TPSA) is 95.0 Å². The van der Waals surface area contributed by atoms with E-state index in [-0.39, 0.29) is 55.0 Å². The molecule has 2 N–H and O–H groups in total. The maximum atomic E-state index is 13.6. The number of fused-ring (bicyclic) bond motifs is 1. The Hall–Kier alpha value is -3.78. The van der Waals surface area contributed by atoms with Gasteiger partial charge in [0.25, 0.3) is 5.91 Å². The number of nitrogens with one attached hydrogen (secondary N) is 1. The quantitative estimate of drug-likeness (QED) is 0.496. The fourth-order valence-corrected chi connectivity index (χ4v) is 5.16. The predicted molar refractivity (Wildman–Crippen MR) is 151 cm³/mol. The molecule has 1 aromatic heterocycles. The second-order valence-electron chi connectivity index (χ2n) is 11.2. The molecule has 11 heteroatoms. The van der Waals surface area contributed by atoms with Crippen LogP contribution < -0.4 is 10.1 Å². The Bertz CT molecular complexity index is 1320. The first-order valence-corrected chi connectivity index (χ1v) is 14.3. The highest BCUT2D eigenvalue weighted by Gasteiger charge is 2.35. The van der Waals surface area contributed by atoms with Gasteiger partial charge in [0, 0.05) is 42.9 Å². The molecule has 0 saturated heterocycles. The lowest BCUT2D eigenvalue weighted by Crippen LogP contribution is -2.52. The Morgan fingerprint density at radius 3 is 2.50 bits per heavy atom. The number of hydrogen-bond acceptors (Lipinski definition) is 5. The molecule has 1 saturated carbocycles. The Morgan fingerprint density at radius 2 is 1.86 bits per heavy atom. The molecule has 1 fully saturated rings. The number of aliphatic hydroxyl groups excluding tert-OH is 1. The summed E-state index contributed by atoms with van der Waals surface area (Å²) in [4.78, 5) is 34.1. The molecule has 0 bridgehead atoms. The summed E-state index contributed by atoms with van der Waals surface area (Å²) in [5.41, 5.74) is 0.130. The summed E-state index contributed by atoms with van der Waals surface area (Å²) in [6.45, 7) is 3.96. The van der Waals surface area contributed by atoms with Gasteiger partial charge in [-0.25, -0.2) is 9.78 Å². The number of ether oxygens (including phenoxy) is 1. The molecule has 2 heterocycles. The first-order chi connectivity index (χ1) is 20.0. The van der Waals surface area contributed by atoms with Crippen LogP contribution in [0.5, 0.6) is 5.88 Å². The number of aliphatic hydroxyl groups is 1. The van der Waals surface area contributed by atoms with Crippen LogP contribution in [0.3, 0.4) is 0 Å². The smallest absolute Gasteiger partial charge is 0.416 e. The molecule has 2 aromatic rings. The van der Waals surface area contributed by atoms with E-state index < -0.39 is 23.9 Å². The van der Waals surface area contributed by atoms with Crippen LogP contribution in [0, 0.1) is 17.8 Å². The number of amides is 3. The number of carbonyl (C=O) groups is 2. The fraction of sp³-hybridized carbons (Fsp3) is 0.516. The highest BCUT2D eigenvalue weighted by Crippen LogP contribution is 2.30. The number of carbonyl (C=O) groups excluding carboxylic acids is 2. The van der Waals surface area contributed by atoms with Gasteiger partial charge in [-0.05, 0) is 50.1 Å². The van der Waals surface area contributed by atoms with Crippen molar-refractivity contribution in [3.8, 4) is 17.7 Å². The number of nitrogens with zero attached hydrogens (tertiary/aromatic N) is 3. The second kappa shape index (κ2) is 13.5. The van der Waals surface area contributed by atoms with Crippen LogP contribution in [0.4, 0.5) is 18.0 Å². The summed E-state index contributed by atoms with van der Waals surface area (Å²) in [6.07, 6.45) is 1.82. The standard InChI is InChI=1S/C31H37F3N4O4/c1-20-17-38(21(2)19-39)29(40)26-15-23(10-9-22-11-13-24(14-12-22)31(32,33)34)16-35-28(26)42-27(20)18-37(3)30(41)36-25-7-5-4-6-8-25/h11-16,20-21,25,27,39H,4-8,17-19H2,1-3H3,(H,36,41)/t20-,21+,27-/m0/s1. The van der Waals surface area contributed by atoms with Crippen LogP contribution in [0.1, 0.15) is 73.0 Å². The Labute approximate surface area is 244 Å². The number of benzene rings is 1. The van der Waals surface area contributed by atoms with Crippen molar-refractivity contribution in [3.05, 3.63) is 58.8 Å². The van der Waals surface area contributed by atoms with Gasteiger partial charge in [-0.2, -0.15) is 13.2 Å². The van der Waals surface area contributed by atoms with Crippen molar-refractivity contribution in [2.45, 2.75) is 70.3 Å². The maximum Gasteiger partial charge on any atom is 0.416 e. The summed E-state index contributed by atoms with van der Waals surface area (Å²) in [5, 5.41) is 13.0. The SMILES string of the molecule is C[C@H](CO)N1C[C@H](C)[C@H](CN(C)C(=O)NC2CCCCC2)Oc2ncc(C#Cc3ccc(C(F)(F)F)cc3)cc2C1=O. The molecule has 3 amide bonds. The van der Waals surface area contributed by atoms with Crippen molar-refractivity contribution in [3.63, 3.8) is 0 Å². The van der Waals surface area contributed by atoms with Crippen LogP contribution in [-0.2, 0) is 6.18 Å². The lowest BCUT2D eigenvalue weighted by atomic mass is 9.96. The highest BCUT2D eigenvalue weighted by atomic mass is 19.4. The van der Waals surface area contributed by atoms with Gasteiger partial charge in [0.1, 0.15) is 11.7 Å². The van der Waals surface area contributed by atoms with Crippen molar-refractivity contribution >= 4 is 11.9 Å². The minimum Gasteiger partial charge on any atom is -0.472 e. The van der Waals surface area contributed by atoms with E-state index in [9.17, 15) is 27.9 Å². The molecule has 0 radical (unpaired) electrons. The van der Waals surface area contributed by atoms with Gasteiger partial charge in [-0.3, -0.25) is 4.79 Å². The van der Waals surface area contributed by atoms with E-state index in [1.807, 2.05) is 6.92 Å². The highest BCUT2D eigenvalue weighted by molar-refractivity contribution is 5.97. The van der Waals surface area contributed by atoms with Gasteiger partial charge >= 0.3 is 12.2 Å². The number of hydrogen-bond donors (Lipinski definition) is 2. The van der Waals surface area contributed by atoms with Crippen LogP contribution in [0.15, 0.2) is 36.5 Å². The van der Waals surface area contributed by atoms with Crippen molar-refractivity contribution < 1.29 is 32.6 Å². The van der Waals surface area contributed by atoms with Gasteiger partial charge in [0.05, 0.1) is 24.8 Å². The van der Waals surface area contributed by atoms with Gasteiger partial charge in [0.15, 0.2) is 0 Å². The van der Waals surface area contributed by atoms with E-state index in [1.54, 1.807) is 23.8 Å². The number of likely N-dealkylation sites (N-methyl/N-ethyl adjacent to an activating group) is 1. The van der Waals surface area contributed by atoms with E-state index in [1.165, 1.54) is 30.8 Å². The van der Waals surface area contributed by atoms with Gasteiger partial charge < -0.3 is 25.0 Å². The van der Waals surface area contributed by atoms with Crippen LogP contribution in [0.2, 0.25) is 0 Å². The minimum atomic E-state index is -4.44. The molecule has 2 aliphatic rings. The monoisotopic (exact) mass is 586 g/mol. The molecule has 4 rings (SSSR count). The summed E-state index contributed by atoms with van der Waals surface area (Å²) < 4.78 is 44.9. The third-order valence-electron chi connectivity index (χ3n) is 7.82. The van der Waals surface area contributed by atoms with Crippen molar-refractivity contribution in [2.24, 2.45) is 5.92 Å². The van der Waals surface area contributed by atoms with Crippen molar-refractivity contribution in [1.29, 1.82) is 0 Å². The first kappa shape index (κ1) is 31.2. The molecule has 226 valence electrons. The normalized spacial score (nSPS) is 20.3. The number of pyridine rings is 1. The number of rotatable bonds is 5. The van der Waals surface area contributed by atoms with Crippen molar-refractivity contribution in [2.75, 3.05) is 26.7 Å².